The van der Waals surface area contributed by atoms with Gasteiger partial charge in [0, 0.05) is 44.8 Å². The van der Waals surface area contributed by atoms with E-state index in [1.165, 1.54) is 6.20 Å². The maximum Gasteiger partial charge on any atom is 0.244 e. The summed E-state index contributed by atoms with van der Waals surface area (Å²) in [6.07, 6.45) is 4.10. The molecule has 8 heteroatoms. The van der Waals surface area contributed by atoms with E-state index in [4.69, 9.17) is 0 Å². The summed E-state index contributed by atoms with van der Waals surface area (Å²) in [5.74, 6) is 0. The summed E-state index contributed by atoms with van der Waals surface area (Å²) in [6.45, 7) is 9.01. The quantitative estimate of drug-likeness (QED) is 0.775. The lowest BCUT2D eigenvalue weighted by Gasteiger charge is -2.20. The van der Waals surface area contributed by atoms with E-state index in [1.807, 2.05) is 13.0 Å². The van der Waals surface area contributed by atoms with Crippen LogP contribution >= 0.6 is 0 Å². The molecule has 0 N–H and O–H groups in total. The molecule has 0 aromatic carbocycles. The highest BCUT2D eigenvalue weighted by atomic mass is 32.2. The molecule has 1 saturated heterocycles. The van der Waals surface area contributed by atoms with Gasteiger partial charge in [-0.2, -0.15) is 9.40 Å². The van der Waals surface area contributed by atoms with Crippen LogP contribution < -0.4 is 0 Å². The number of fused-ring (bicyclic) bond motifs is 1. The van der Waals surface area contributed by atoms with Gasteiger partial charge in [-0.3, -0.25) is 9.58 Å². The van der Waals surface area contributed by atoms with Crippen LogP contribution in [0.25, 0.3) is 11.0 Å². The lowest BCUT2D eigenvalue weighted by molar-refractivity contribution is 0.316. The minimum atomic E-state index is -3.54. The molecule has 0 unspecified atom stereocenters. The number of pyridine rings is 1. The van der Waals surface area contributed by atoms with Crippen molar-refractivity contribution in [2.24, 2.45) is 7.05 Å². The van der Waals surface area contributed by atoms with Crippen LogP contribution in [0.1, 0.15) is 12.1 Å². The number of hydrogen-bond donors (Lipinski definition) is 0. The van der Waals surface area contributed by atoms with E-state index in [-0.39, 0.29) is 4.90 Å². The zero-order chi connectivity index (χ0) is 17.3. The topological polar surface area (TPSA) is 71.3 Å². The molecule has 3 rings (SSSR count). The second-order valence-corrected chi connectivity index (χ2v) is 8.04. The van der Waals surface area contributed by atoms with Gasteiger partial charge in [0.15, 0.2) is 5.65 Å². The molecule has 0 spiro atoms. The standard InChI is InChI=1S/C16H23N5O2S/c1-4-6-20-7-5-8-21(10-9-20)24(22,23)14-11-15-13(2)18-19(3)16(15)17-12-14/h4,11-12H,1,5-10H2,2-3H3. The zero-order valence-corrected chi connectivity index (χ0v) is 15.0. The van der Waals surface area contributed by atoms with Gasteiger partial charge in [-0.1, -0.05) is 6.08 Å². The Labute approximate surface area is 142 Å². The van der Waals surface area contributed by atoms with Crippen LogP contribution in [0.5, 0.6) is 0 Å². The van der Waals surface area contributed by atoms with Crippen molar-refractivity contribution in [1.29, 1.82) is 0 Å². The zero-order valence-electron chi connectivity index (χ0n) is 14.1. The number of rotatable bonds is 4. The predicted octanol–water partition coefficient (Wildman–Crippen LogP) is 1.16. The summed E-state index contributed by atoms with van der Waals surface area (Å²) in [7, 11) is -1.74. The average molecular weight is 349 g/mol. The number of hydrogen-bond acceptors (Lipinski definition) is 5. The number of aryl methyl sites for hydroxylation is 2. The Hall–Kier alpha value is -1.77. The number of nitrogens with zero attached hydrogens (tertiary/aromatic N) is 5. The lowest BCUT2D eigenvalue weighted by atomic mass is 10.3. The third-order valence-electron chi connectivity index (χ3n) is 4.41. The van der Waals surface area contributed by atoms with E-state index in [0.29, 0.717) is 25.3 Å². The van der Waals surface area contributed by atoms with E-state index < -0.39 is 10.0 Å². The normalized spacial score (nSPS) is 17.9. The van der Waals surface area contributed by atoms with Gasteiger partial charge in [0.25, 0.3) is 0 Å². The largest absolute Gasteiger partial charge is 0.298 e. The van der Waals surface area contributed by atoms with Crippen molar-refractivity contribution in [2.75, 3.05) is 32.7 Å². The molecule has 0 radical (unpaired) electrons. The highest BCUT2D eigenvalue weighted by Crippen LogP contribution is 2.22. The Morgan fingerprint density at radius 1 is 1.29 bits per heavy atom. The molecule has 7 nitrogen and oxygen atoms in total. The van der Waals surface area contributed by atoms with Gasteiger partial charge in [0.05, 0.1) is 5.69 Å². The fourth-order valence-electron chi connectivity index (χ4n) is 3.13. The highest BCUT2D eigenvalue weighted by molar-refractivity contribution is 7.89. The minimum Gasteiger partial charge on any atom is -0.298 e. The maximum atomic E-state index is 13.0. The smallest absolute Gasteiger partial charge is 0.244 e. The Morgan fingerprint density at radius 3 is 2.83 bits per heavy atom. The Morgan fingerprint density at radius 2 is 2.08 bits per heavy atom. The second-order valence-electron chi connectivity index (χ2n) is 6.10. The molecule has 2 aromatic rings. The van der Waals surface area contributed by atoms with Crippen LogP contribution in [0.15, 0.2) is 29.8 Å². The molecular weight excluding hydrogens is 326 g/mol. The van der Waals surface area contributed by atoms with E-state index >= 15 is 0 Å². The van der Waals surface area contributed by atoms with Gasteiger partial charge in [0.1, 0.15) is 4.90 Å². The first-order chi connectivity index (χ1) is 11.4. The van der Waals surface area contributed by atoms with Crippen molar-refractivity contribution in [1.82, 2.24) is 24.0 Å². The van der Waals surface area contributed by atoms with Gasteiger partial charge in [-0.05, 0) is 26.0 Å². The first-order valence-corrected chi connectivity index (χ1v) is 9.50. The molecule has 1 aliphatic rings. The summed E-state index contributed by atoms with van der Waals surface area (Å²) in [5, 5.41) is 5.08. The SMILES string of the molecule is C=CCN1CCCN(S(=O)(=O)c2cnc3c(c2)c(C)nn3C)CC1. The van der Waals surface area contributed by atoms with Gasteiger partial charge in [-0.15, -0.1) is 6.58 Å². The minimum absolute atomic E-state index is 0.239. The molecule has 0 bridgehead atoms. The van der Waals surface area contributed by atoms with E-state index in [1.54, 1.807) is 22.1 Å². The molecule has 2 aromatic heterocycles. The molecule has 130 valence electrons. The Balaban J connectivity index is 1.90. The van der Waals surface area contributed by atoms with Crippen molar-refractivity contribution in [3.63, 3.8) is 0 Å². The Bertz CT molecular complexity index is 859. The first-order valence-electron chi connectivity index (χ1n) is 8.06. The second kappa shape index (κ2) is 6.62. The van der Waals surface area contributed by atoms with Crippen molar-refractivity contribution in [3.05, 3.63) is 30.6 Å². The molecule has 1 aliphatic heterocycles. The van der Waals surface area contributed by atoms with E-state index in [2.05, 4.69) is 21.6 Å². The first kappa shape index (κ1) is 17.1. The van der Waals surface area contributed by atoms with Crippen LogP contribution in [-0.4, -0.2) is 65.1 Å². The molecule has 24 heavy (non-hydrogen) atoms. The summed E-state index contributed by atoms with van der Waals surface area (Å²) in [4.78, 5) is 6.76. The number of sulfonamides is 1. The lowest BCUT2D eigenvalue weighted by Crippen LogP contribution is -2.35. The average Bonchev–Trinajstić information content (AvgIpc) is 2.73. The summed E-state index contributed by atoms with van der Waals surface area (Å²) in [5.41, 5.74) is 1.48. The fourth-order valence-corrected chi connectivity index (χ4v) is 4.57. The van der Waals surface area contributed by atoms with Crippen molar-refractivity contribution >= 4 is 21.1 Å². The molecular formula is C16H23N5O2S. The van der Waals surface area contributed by atoms with Crippen molar-refractivity contribution < 1.29 is 8.42 Å². The molecule has 0 aliphatic carbocycles. The summed E-state index contributed by atoms with van der Waals surface area (Å²) >= 11 is 0. The molecule has 0 saturated carbocycles. The van der Waals surface area contributed by atoms with Gasteiger partial charge >= 0.3 is 0 Å². The van der Waals surface area contributed by atoms with Gasteiger partial charge in [-0.25, -0.2) is 13.4 Å². The third-order valence-corrected chi connectivity index (χ3v) is 6.27. The fraction of sp³-hybridized carbons (Fsp3) is 0.500. The van der Waals surface area contributed by atoms with Gasteiger partial charge < -0.3 is 0 Å². The molecule has 3 heterocycles. The predicted molar refractivity (Wildman–Crippen MR) is 93.3 cm³/mol. The van der Waals surface area contributed by atoms with E-state index in [9.17, 15) is 8.42 Å². The van der Waals surface area contributed by atoms with Crippen LogP contribution in [0.2, 0.25) is 0 Å². The van der Waals surface area contributed by atoms with Crippen molar-refractivity contribution in [2.45, 2.75) is 18.2 Å². The number of aromatic nitrogens is 3. The van der Waals surface area contributed by atoms with Crippen LogP contribution in [0.3, 0.4) is 0 Å². The van der Waals surface area contributed by atoms with Crippen LogP contribution in [-0.2, 0) is 17.1 Å². The molecule has 1 fully saturated rings. The summed E-state index contributed by atoms with van der Waals surface area (Å²) in [6, 6.07) is 1.69. The summed E-state index contributed by atoms with van der Waals surface area (Å²) < 4.78 is 29.2. The highest BCUT2D eigenvalue weighted by Gasteiger charge is 2.27. The molecule has 0 atom stereocenters. The van der Waals surface area contributed by atoms with Crippen LogP contribution in [0.4, 0.5) is 0 Å². The monoisotopic (exact) mass is 349 g/mol. The Kier molecular flexibility index (Phi) is 4.71. The van der Waals surface area contributed by atoms with Gasteiger partial charge in [0.2, 0.25) is 10.0 Å². The maximum absolute atomic E-state index is 13.0. The van der Waals surface area contributed by atoms with Crippen LogP contribution in [0, 0.1) is 6.92 Å². The third kappa shape index (κ3) is 3.09. The van der Waals surface area contributed by atoms with E-state index in [0.717, 1.165) is 30.6 Å². The van der Waals surface area contributed by atoms with Crippen molar-refractivity contribution in [3.8, 4) is 0 Å². The molecule has 0 amide bonds.